The monoisotopic (exact) mass is 1030 g/mol. The lowest BCUT2D eigenvalue weighted by atomic mass is 9.93. The molecule has 0 bridgehead atoms. The number of allylic oxidation sites excluding steroid dienone is 2. The van der Waals surface area contributed by atoms with Gasteiger partial charge in [-0.15, -0.1) is 22.7 Å². The van der Waals surface area contributed by atoms with E-state index in [1.54, 1.807) is 36.4 Å². The van der Waals surface area contributed by atoms with Gasteiger partial charge < -0.3 is 47.8 Å². The quantitative estimate of drug-likeness (QED) is 0.0217. The summed E-state index contributed by atoms with van der Waals surface area (Å²) in [5.41, 5.74) is -2.86. The number of rotatable bonds is 27. The van der Waals surface area contributed by atoms with E-state index in [9.17, 15) is 48.9 Å². The highest BCUT2D eigenvalue weighted by atomic mass is 32.1. The van der Waals surface area contributed by atoms with Gasteiger partial charge in [-0.05, 0) is 62.8 Å². The lowest BCUT2D eigenvalue weighted by Crippen LogP contribution is -2.27. The van der Waals surface area contributed by atoms with E-state index in [1.165, 1.54) is 69.8 Å². The molecule has 0 radical (unpaired) electrons. The largest absolute Gasteiger partial charge is 0.507 e. The maximum Gasteiger partial charge on any atom is 0.350 e. The van der Waals surface area contributed by atoms with E-state index in [0.29, 0.717) is 58.8 Å². The van der Waals surface area contributed by atoms with E-state index in [0.717, 1.165) is 12.8 Å². The molecule has 0 fully saturated rings. The standard InChI is InChI=1S/C27H34O9S.C25H32O8S/c1-6-14-34-23-13-12-21(37-23)26(35-18(4)28)17(3)25(31)24-19(29)15-20(36-27(24)32)16(2)10-8-7-9-11-22(30)33-5;1-5-13-32-21-12-11-19(34-21)23(28)16(3)24(29)22-17(26)14-18(33-25(22)30)15(2)9-7-6-8-10-20(27)31-4/h7,9,12-13,15-17,26,29H,6,8,10-11,14H2,1-5H3;6,8,11-12,14-16,23,26,28H,5,7,9-10,13H2,1-4H3/b9-7+;8-6+. The number of Topliss-reactive ketones (excluding diaryl/α,β-unsaturated/α-hetero) is 2. The Morgan fingerprint density at radius 3 is 1.48 bits per heavy atom. The second-order valence-electron chi connectivity index (χ2n) is 16.6. The summed E-state index contributed by atoms with van der Waals surface area (Å²) in [5, 5.41) is 33.0. The molecular weight excluding hydrogens is 961 g/mol. The van der Waals surface area contributed by atoms with Gasteiger partial charge in [0.15, 0.2) is 21.7 Å². The Morgan fingerprint density at radius 1 is 0.648 bits per heavy atom. The minimum Gasteiger partial charge on any atom is -0.507 e. The van der Waals surface area contributed by atoms with Gasteiger partial charge in [-0.3, -0.25) is 24.0 Å². The van der Waals surface area contributed by atoms with E-state index < -0.39 is 75.5 Å². The Hall–Kier alpha value is -6.31. The van der Waals surface area contributed by atoms with Crippen LogP contribution in [0.2, 0.25) is 0 Å². The van der Waals surface area contributed by atoms with Crippen LogP contribution in [0.25, 0.3) is 0 Å². The van der Waals surface area contributed by atoms with Crippen molar-refractivity contribution in [2.75, 3.05) is 27.4 Å². The number of aliphatic hydroxyl groups excluding tert-OH is 1. The molecule has 0 spiro atoms. The molecule has 19 heteroatoms. The molecule has 0 amide bonds. The van der Waals surface area contributed by atoms with Crippen LogP contribution in [0.1, 0.15) is 166 Å². The molecule has 0 saturated carbocycles. The Morgan fingerprint density at radius 2 is 1.07 bits per heavy atom. The zero-order chi connectivity index (χ0) is 52.8. The molecule has 0 aliphatic rings. The number of ketones is 2. The summed E-state index contributed by atoms with van der Waals surface area (Å²) in [6, 6.07) is 9.39. The predicted molar refractivity (Wildman–Crippen MR) is 267 cm³/mol. The molecule has 0 aromatic carbocycles. The van der Waals surface area contributed by atoms with Crippen LogP contribution in [0.4, 0.5) is 0 Å². The van der Waals surface area contributed by atoms with Crippen molar-refractivity contribution in [1.29, 1.82) is 0 Å². The minimum absolute atomic E-state index is 0.169. The third-order valence-corrected chi connectivity index (χ3v) is 13.1. The van der Waals surface area contributed by atoms with Gasteiger partial charge in [-0.1, -0.05) is 65.8 Å². The fourth-order valence-electron chi connectivity index (χ4n) is 6.78. The number of hydrogen-bond donors (Lipinski definition) is 3. The zero-order valence-electron chi connectivity index (χ0n) is 41.7. The van der Waals surface area contributed by atoms with Gasteiger partial charge in [0.1, 0.15) is 40.3 Å². The Balaban J connectivity index is 0.000000377. The maximum absolute atomic E-state index is 13.3. The molecule has 6 unspecified atom stereocenters. The average Bonchev–Trinajstić information content (AvgIpc) is 4.03. The number of thiophene rings is 2. The van der Waals surface area contributed by atoms with Crippen LogP contribution < -0.4 is 20.7 Å². The summed E-state index contributed by atoms with van der Waals surface area (Å²) in [6.45, 7) is 12.9. The third kappa shape index (κ3) is 18.1. The second-order valence-corrected chi connectivity index (χ2v) is 18.8. The van der Waals surface area contributed by atoms with Crippen LogP contribution >= 0.6 is 22.7 Å². The molecule has 4 rings (SSSR count). The summed E-state index contributed by atoms with van der Waals surface area (Å²) >= 11 is 2.48. The lowest BCUT2D eigenvalue weighted by Gasteiger charge is -2.22. The van der Waals surface area contributed by atoms with Crippen LogP contribution in [0.15, 0.2) is 79.1 Å². The molecule has 0 saturated heterocycles. The molecular formula is C52H66O17S2. The van der Waals surface area contributed by atoms with Crippen molar-refractivity contribution in [3.05, 3.63) is 114 Å². The smallest absolute Gasteiger partial charge is 0.350 e. The highest BCUT2D eigenvalue weighted by molar-refractivity contribution is 7.14. The van der Waals surface area contributed by atoms with Gasteiger partial charge >= 0.3 is 29.2 Å². The summed E-state index contributed by atoms with van der Waals surface area (Å²) in [6.07, 6.45) is 9.35. The zero-order valence-corrected chi connectivity index (χ0v) is 43.3. The molecule has 388 valence electrons. The van der Waals surface area contributed by atoms with Crippen molar-refractivity contribution < 1.29 is 71.8 Å². The fraction of sp³-hybridized carbons (Fsp3) is 0.481. The first-order valence-corrected chi connectivity index (χ1v) is 25.0. The van der Waals surface area contributed by atoms with Gasteiger partial charge in [-0.2, -0.15) is 0 Å². The molecule has 4 aromatic rings. The SMILES string of the molecule is CCCOc1ccc(C(O)C(C)C(=O)c2c(O)cc(C(C)CC/C=C/CC(=O)OC)oc2=O)s1.CCCOc1ccc(C(OC(C)=O)C(C)C(=O)c2c(O)cc(C(C)CC/C=C/CC(=O)OC)oc2=O)s1. The average molecular weight is 1030 g/mol. The van der Waals surface area contributed by atoms with Crippen LogP contribution in [-0.2, 0) is 28.6 Å². The third-order valence-electron chi connectivity index (χ3n) is 11.0. The van der Waals surface area contributed by atoms with E-state index in [1.807, 2.05) is 39.8 Å². The van der Waals surface area contributed by atoms with Crippen LogP contribution in [0.5, 0.6) is 21.6 Å². The van der Waals surface area contributed by atoms with E-state index in [-0.39, 0.29) is 48.1 Å². The fourth-order valence-corrected chi connectivity index (χ4v) is 8.77. The number of methoxy groups -OCH3 is 2. The predicted octanol–water partition coefficient (Wildman–Crippen LogP) is 10.1. The number of aromatic hydroxyl groups is 2. The second kappa shape index (κ2) is 29.8. The van der Waals surface area contributed by atoms with Gasteiger partial charge in [0.2, 0.25) is 0 Å². The number of esters is 3. The molecule has 3 N–H and O–H groups in total. The highest BCUT2D eigenvalue weighted by Crippen LogP contribution is 2.38. The molecule has 4 heterocycles. The van der Waals surface area contributed by atoms with Crippen molar-refractivity contribution in [3.8, 4) is 21.6 Å². The molecule has 0 aliphatic heterocycles. The molecule has 0 aliphatic carbocycles. The topological polar surface area (TPSA) is 253 Å². The highest BCUT2D eigenvalue weighted by Gasteiger charge is 2.35. The Labute approximate surface area is 421 Å². The number of ether oxygens (including phenoxy) is 5. The summed E-state index contributed by atoms with van der Waals surface area (Å²) in [4.78, 5) is 86.7. The summed E-state index contributed by atoms with van der Waals surface area (Å²) in [5.74, 6) is -5.52. The van der Waals surface area contributed by atoms with Gasteiger partial charge in [0.25, 0.3) is 0 Å². The van der Waals surface area contributed by atoms with E-state index in [2.05, 4.69) is 9.47 Å². The number of hydrogen-bond acceptors (Lipinski definition) is 19. The molecule has 17 nitrogen and oxygen atoms in total. The summed E-state index contributed by atoms with van der Waals surface area (Å²) < 4.78 is 36.4. The van der Waals surface area contributed by atoms with Crippen molar-refractivity contribution in [1.82, 2.24) is 0 Å². The first-order valence-electron chi connectivity index (χ1n) is 23.3. The maximum atomic E-state index is 13.3. The first-order chi connectivity index (χ1) is 33.8. The normalized spacial score (nSPS) is 13.8. The van der Waals surface area contributed by atoms with Crippen molar-refractivity contribution >= 4 is 52.1 Å². The molecule has 4 aromatic heterocycles. The van der Waals surface area contributed by atoms with Crippen molar-refractivity contribution in [2.24, 2.45) is 11.8 Å². The van der Waals surface area contributed by atoms with Gasteiger partial charge in [-0.25, -0.2) is 9.59 Å². The molecule has 71 heavy (non-hydrogen) atoms. The molecule has 6 atom stereocenters. The van der Waals surface area contributed by atoms with Crippen LogP contribution in [0, 0.1) is 11.8 Å². The number of carbonyl (C=O) groups excluding carboxylic acids is 5. The van der Waals surface area contributed by atoms with Crippen LogP contribution in [-0.4, -0.2) is 72.2 Å². The number of aliphatic hydroxyl groups is 1. The van der Waals surface area contributed by atoms with Gasteiger partial charge in [0.05, 0.1) is 58.2 Å². The van der Waals surface area contributed by atoms with Crippen LogP contribution in [0.3, 0.4) is 0 Å². The van der Waals surface area contributed by atoms with Gasteiger partial charge in [0, 0.05) is 40.6 Å². The lowest BCUT2D eigenvalue weighted by molar-refractivity contribution is -0.148. The van der Waals surface area contributed by atoms with Crippen molar-refractivity contribution in [2.45, 2.75) is 124 Å². The summed E-state index contributed by atoms with van der Waals surface area (Å²) in [7, 11) is 2.64. The Bertz CT molecular complexity index is 2560. The number of carbonyl (C=O) groups is 5. The Kier molecular flexibility index (Phi) is 24.7. The van der Waals surface area contributed by atoms with E-state index in [4.69, 9.17) is 23.0 Å². The first kappa shape index (κ1) is 59.0. The minimum atomic E-state index is -1.16. The van der Waals surface area contributed by atoms with E-state index >= 15 is 0 Å². The van der Waals surface area contributed by atoms with Crippen molar-refractivity contribution in [3.63, 3.8) is 0 Å².